The highest BCUT2D eigenvalue weighted by Crippen LogP contribution is 2.32. The normalized spacial score (nSPS) is 14.7. The van der Waals surface area contributed by atoms with Gasteiger partial charge in [0.25, 0.3) is 0 Å². The van der Waals surface area contributed by atoms with E-state index in [1.165, 1.54) is 0 Å². The number of carbonyl (C=O) groups is 1. The van der Waals surface area contributed by atoms with Crippen LogP contribution in [0.1, 0.15) is 32.8 Å². The molecule has 0 radical (unpaired) electrons. The smallest absolute Gasteiger partial charge is 0.232 e. The Morgan fingerprint density at radius 3 is 2.67 bits per heavy atom. The van der Waals surface area contributed by atoms with E-state index in [-0.39, 0.29) is 11.7 Å². The van der Waals surface area contributed by atoms with Crippen molar-refractivity contribution in [3.63, 3.8) is 0 Å². The molecule has 2 rings (SSSR count). The van der Waals surface area contributed by atoms with Gasteiger partial charge in [0.15, 0.2) is 0 Å². The maximum atomic E-state index is 12.1. The molecule has 1 aliphatic heterocycles. The minimum atomic E-state index is -3.29. The summed E-state index contributed by atoms with van der Waals surface area (Å²) in [6.07, 6.45) is 1.30. The number of nitrogens with zero attached hydrogens (tertiary/aromatic N) is 1. The molecule has 1 aromatic rings. The SMILES string of the molecule is CCS(=O)(=O)Nc1ccc2c(c1)CC(=O)N2CCC(C)C. The van der Waals surface area contributed by atoms with Crippen molar-refractivity contribution in [3.8, 4) is 0 Å². The lowest BCUT2D eigenvalue weighted by atomic mass is 10.1. The van der Waals surface area contributed by atoms with Gasteiger partial charge in [-0.15, -0.1) is 0 Å². The van der Waals surface area contributed by atoms with Crippen LogP contribution in [0.15, 0.2) is 18.2 Å². The van der Waals surface area contributed by atoms with Crippen LogP contribution < -0.4 is 9.62 Å². The predicted molar refractivity (Wildman–Crippen MR) is 85.0 cm³/mol. The summed E-state index contributed by atoms with van der Waals surface area (Å²) in [5.41, 5.74) is 2.31. The molecule has 0 saturated heterocycles. The Bertz CT molecular complexity index is 638. The van der Waals surface area contributed by atoms with E-state index in [1.807, 2.05) is 6.07 Å². The monoisotopic (exact) mass is 310 g/mol. The Morgan fingerprint density at radius 1 is 1.33 bits per heavy atom. The molecule has 116 valence electrons. The summed E-state index contributed by atoms with van der Waals surface area (Å²) in [4.78, 5) is 13.9. The van der Waals surface area contributed by atoms with E-state index in [9.17, 15) is 13.2 Å². The summed E-state index contributed by atoms with van der Waals surface area (Å²) >= 11 is 0. The van der Waals surface area contributed by atoms with E-state index in [1.54, 1.807) is 24.0 Å². The van der Waals surface area contributed by atoms with Gasteiger partial charge in [-0.25, -0.2) is 8.42 Å². The molecule has 1 aliphatic rings. The van der Waals surface area contributed by atoms with Crippen LogP contribution in [0.2, 0.25) is 0 Å². The van der Waals surface area contributed by atoms with Crippen molar-refractivity contribution in [2.45, 2.75) is 33.6 Å². The lowest BCUT2D eigenvalue weighted by Crippen LogP contribution is -2.28. The van der Waals surface area contributed by atoms with Crippen LogP contribution in [0, 0.1) is 5.92 Å². The van der Waals surface area contributed by atoms with E-state index in [0.717, 1.165) is 17.7 Å². The lowest BCUT2D eigenvalue weighted by molar-refractivity contribution is -0.117. The highest BCUT2D eigenvalue weighted by Gasteiger charge is 2.27. The van der Waals surface area contributed by atoms with Gasteiger partial charge in [-0.3, -0.25) is 9.52 Å². The first kappa shape index (κ1) is 15.8. The second-order valence-electron chi connectivity index (χ2n) is 5.75. The molecule has 0 aliphatic carbocycles. The number of hydrogen-bond donors (Lipinski definition) is 1. The van der Waals surface area contributed by atoms with Gasteiger partial charge in [0.1, 0.15) is 0 Å². The second kappa shape index (κ2) is 6.05. The third-order valence-corrected chi connectivity index (χ3v) is 4.90. The van der Waals surface area contributed by atoms with Gasteiger partial charge in [0.05, 0.1) is 12.2 Å². The zero-order valence-electron chi connectivity index (χ0n) is 12.7. The Morgan fingerprint density at radius 2 is 2.05 bits per heavy atom. The van der Waals surface area contributed by atoms with Crippen molar-refractivity contribution in [2.75, 3.05) is 21.9 Å². The molecule has 0 spiro atoms. The molecule has 1 aromatic carbocycles. The molecule has 5 nitrogen and oxygen atoms in total. The molecule has 6 heteroatoms. The Kier molecular flexibility index (Phi) is 4.56. The molecule has 0 unspecified atom stereocenters. The Hall–Kier alpha value is -1.56. The standard InChI is InChI=1S/C15H22N2O3S/c1-4-21(19,20)16-13-5-6-14-12(9-13)10-15(18)17(14)8-7-11(2)3/h5-6,9,11,16H,4,7-8,10H2,1-3H3. The number of rotatable bonds is 6. The number of nitrogens with one attached hydrogen (secondary N) is 1. The first-order valence-corrected chi connectivity index (χ1v) is 8.91. The molecular formula is C15H22N2O3S. The van der Waals surface area contributed by atoms with E-state index >= 15 is 0 Å². The van der Waals surface area contributed by atoms with Crippen molar-refractivity contribution < 1.29 is 13.2 Å². The minimum absolute atomic E-state index is 0.0313. The van der Waals surface area contributed by atoms with Gasteiger partial charge in [0, 0.05) is 17.9 Å². The number of fused-ring (bicyclic) bond motifs is 1. The molecule has 1 N–H and O–H groups in total. The second-order valence-corrected chi connectivity index (χ2v) is 7.76. The van der Waals surface area contributed by atoms with Gasteiger partial charge in [-0.05, 0) is 43.0 Å². The highest BCUT2D eigenvalue weighted by molar-refractivity contribution is 7.92. The van der Waals surface area contributed by atoms with Crippen LogP contribution in [-0.4, -0.2) is 26.6 Å². The average Bonchev–Trinajstić information content (AvgIpc) is 2.70. The molecule has 1 heterocycles. The van der Waals surface area contributed by atoms with Crippen LogP contribution >= 0.6 is 0 Å². The quantitative estimate of drug-likeness (QED) is 0.877. The summed E-state index contributed by atoms with van der Waals surface area (Å²) in [6.45, 7) is 6.56. The van der Waals surface area contributed by atoms with E-state index in [0.29, 0.717) is 24.6 Å². The lowest BCUT2D eigenvalue weighted by Gasteiger charge is -2.19. The fourth-order valence-electron chi connectivity index (χ4n) is 2.33. The summed E-state index contributed by atoms with van der Waals surface area (Å²) in [6, 6.07) is 5.30. The average molecular weight is 310 g/mol. The van der Waals surface area contributed by atoms with Crippen LogP contribution in [-0.2, 0) is 21.2 Å². The molecule has 21 heavy (non-hydrogen) atoms. The van der Waals surface area contributed by atoms with Gasteiger partial charge in [-0.1, -0.05) is 13.8 Å². The third kappa shape index (κ3) is 3.75. The van der Waals surface area contributed by atoms with Gasteiger partial charge < -0.3 is 4.90 Å². The molecule has 0 saturated carbocycles. The molecule has 0 fully saturated rings. The molecular weight excluding hydrogens is 288 g/mol. The zero-order chi connectivity index (χ0) is 15.6. The number of benzene rings is 1. The van der Waals surface area contributed by atoms with Crippen LogP contribution in [0.4, 0.5) is 11.4 Å². The molecule has 0 aromatic heterocycles. The number of hydrogen-bond acceptors (Lipinski definition) is 3. The van der Waals surface area contributed by atoms with Gasteiger partial charge in [-0.2, -0.15) is 0 Å². The van der Waals surface area contributed by atoms with Gasteiger partial charge >= 0.3 is 0 Å². The maximum absolute atomic E-state index is 12.1. The van der Waals surface area contributed by atoms with Crippen molar-refractivity contribution in [3.05, 3.63) is 23.8 Å². The first-order valence-electron chi connectivity index (χ1n) is 7.26. The summed E-state index contributed by atoms with van der Waals surface area (Å²) < 4.78 is 25.7. The van der Waals surface area contributed by atoms with Crippen molar-refractivity contribution in [2.24, 2.45) is 5.92 Å². The summed E-state index contributed by atoms with van der Waals surface area (Å²) in [7, 11) is -3.29. The van der Waals surface area contributed by atoms with Crippen LogP contribution in [0.3, 0.4) is 0 Å². The van der Waals surface area contributed by atoms with Crippen LogP contribution in [0.25, 0.3) is 0 Å². The third-order valence-electron chi connectivity index (χ3n) is 3.60. The maximum Gasteiger partial charge on any atom is 0.232 e. The number of carbonyl (C=O) groups excluding carboxylic acids is 1. The highest BCUT2D eigenvalue weighted by atomic mass is 32.2. The van der Waals surface area contributed by atoms with E-state index in [2.05, 4.69) is 18.6 Å². The minimum Gasteiger partial charge on any atom is -0.312 e. The van der Waals surface area contributed by atoms with Crippen molar-refractivity contribution in [1.29, 1.82) is 0 Å². The topological polar surface area (TPSA) is 66.5 Å². The largest absolute Gasteiger partial charge is 0.312 e. The fourth-order valence-corrected chi connectivity index (χ4v) is 2.96. The summed E-state index contributed by atoms with van der Waals surface area (Å²) in [5.74, 6) is 0.655. The Balaban J connectivity index is 2.19. The molecule has 0 atom stereocenters. The van der Waals surface area contributed by atoms with Crippen molar-refractivity contribution in [1.82, 2.24) is 0 Å². The summed E-state index contributed by atoms with van der Waals surface area (Å²) in [5, 5.41) is 0. The number of amides is 1. The molecule has 1 amide bonds. The molecule has 0 bridgehead atoms. The van der Waals surface area contributed by atoms with Crippen molar-refractivity contribution >= 4 is 27.3 Å². The van der Waals surface area contributed by atoms with Gasteiger partial charge in [0.2, 0.25) is 15.9 Å². The number of sulfonamides is 1. The number of anilines is 2. The van der Waals surface area contributed by atoms with Crippen LogP contribution in [0.5, 0.6) is 0 Å². The Labute approximate surface area is 126 Å². The predicted octanol–water partition coefficient (Wildman–Crippen LogP) is 2.38. The fraction of sp³-hybridized carbons (Fsp3) is 0.533. The van der Waals surface area contributed by atoms with E-state index in [4.69, 9.17) is 0 Å². The zero-order valence-corrected chi connectivity index (χ0v) is 13.5. The van der Waals surface area contributed by atoms with E-state index < -0.39 is 10.0 Å². The first-order chi connectivity index (χ1) is 9.82.